The fourth-order valence-electron chi connectivity index (χ4n) is 5.57. The molecule has 1 amide bonds. The summed E-state index contributed by atoms with van der Waals surface area (Å²) in [6.07, 6.45) is 5.88. The van der Waals surface area contributed by atoms with E-state index in [1.165, 1.54) is 6.07 Å². The lowest BCUT2D eigenvalue weighted by Crippen LogP contribution is -2.46. The van der Waals surface area contributed by atoms with E-state index in [-0.39, 0.29) is 35.9 Å². The van der Waals surface area contributed by atoms with Gasteiger partial charge in [-0.2, -0.15) is 0 Å². The molecule has 1 aliphatic carbocycles. The van der Waals surface area contributed by atoms with Crippen molar-refractivity contribution in [2.24, 2.45) is 17.8 Å². The minimum atomic E-state index is -0.508. The van der Waals surface area contributed by atoms with Crippen molar-refractivity contribution < 1.29 is 14.3 Å². The van der Waals surface area contributed by atoms with Crippen molar-refractivity contribution in [1.29, 1.82) is 0 Å². The number of amides is 1. The molecule has 1 aromatic heterocycles. The van der Waals surface area contributed by atoms with Crippen LogP contribution in [0.2, 0.25) is 0 Å². The van der Waals surface area contributed by atoms with Crippen LogP contribution in [0.4, 0.5) is 4.39 Å². The zero-order valence-electron chi connectivity index (χ0n) is 18.8. The molecule has 3 aliphatic rings. The quantitative estimate of drug-likeness (QED) is 0.679. The van der Waals surface area contributed by atoms with E-state index in [9.17, 15) is 19.1 Å². The van der Waals surface area contributed by atoms with Crippen LogP contribution in [-0.4, -0.2) is 39.7 Å². The van der Waals surface area contributed by atoms with E-state index in [1.54, 1.807) is 34.9 Å². The van der Waals surface area contributed by atoms with Gasteiger partial charge in [-0.3, -0.25) is 14.5 Å². The largest absolute Gasteiger partial charge is 0.396 e. The average Bonchev–Trinajstić information content (AvgIpc) is 3.61. The molecule has 0 spiro atoms. The lowest BCUT2D eigenvalue weighted by atomic mass is 9.86. The van der Waals surface area contributed by atoms with E-state index < -0.39 is 12.0 Å². The molecule has 5 rings (SSSR count). The van der Waals surface area contributed by atoms with Gasteiger partial charge in [-0.15, -0.1) is 0 Å². The molecular formula is C26H30FN3O3. The first-order chi connectivity index (χ1) is 16.0. The number of hydrogen-bond donors (Lipinski definition) is 2. The highest BCUT2D eigenvalue weighted by atomic mass is 19.1. The van der Waals surface area contributed by atoms with Crippen molar-refractivity contribution in [3.63, 3.8) is 0 Å². The van der Waals surface area contributed by atoms with Gasteiger partial charge in [-0.25, -0.2) is 4.39 Å². The predicted octanol–water partition coefficient (Wildman–Crippen LogP) is 2.71. The molecule has 1 aromatic carbocycles. The molecule has 2 aliphatic heterocycles. The second kappa shape index (κ2) is 8.88. The summed E-state index contributed by atoms with van der Waals surface area (Å²) in [6.45, 7) is 3.02. The third kappa shape index (κ3) is 3.93. The Bertz CT molecular complexity index is 1140. The smallest absolute Gasteiger partial charge is 0.258 e. The Balaban J connectivity index is 1.57. The average molecular weight is 452 g/mol. The van der Waals surface area contributed by atoms with E-state index in [0.29, 0.717) is 36.7 Å². The number of nitrogens with one attached hydrogen (secondary N) is 1. The van der Waals surface area contributed by atoms with Crippen molar-refractivity contribution in [2.45, 2.75) is 44.9 Å². The number of halogens is 1. The lowest BCUT2D eigenvalue weighted by molar-refractivity contribution is -0.127. The number of rotatable bonds is 7. The van der Waals surface area contributed by atoms with Crippen molar-refractivity contribution in [1.82, 2.24) is 14.8 Å². The van der Waals surface area contributed by atoms with Crippen molar-refractivity contribution in [2.75, 3.05) is 13.2 Å². The molecule has 0 radical (unpaired) electrons. The molecule has 2 fully saturated rings. The number of allylic oxidation sites excluding steroid dienone is 1. The maximum absolute atomic E-state index is 14.6. The summed E-state index contributed by atoms with van der Waals surface area (Å²) in [4.78, 5) is 28.7. The van der Waals surface area contributed by atoms with E-state index in [1.807, 2.05) is 19.1 Å². The lowest BCUT2D eigenvalue weighted by Gasteiger charge is -2.38. The molecule has 1 saturated heterocycles. The van der Waals surface area contributed by atoms with Gasteiger partial charge < -0.3 is 15.0 Å². The van der Waals surface area contributed by atoms with Gasteiger partial charge in [0.25, 0.3) is 5.56 Å². The Labute approximate surface area is 192 Å². The van der Waals surface area contributed by atoms with Crippen molar-refractivity contribution in [3.8, 4) is 0 Å². The van der Waals surface area contributed by atoms with Gasteiger partial charge in [0.2, 0.25) is 5.91 Å². The van der Waals surface area contributed by atoms with E-state index in [2.05, 4.69) is 10.2 Å². The number of aliphatic hydroxyl groups is 1. The van der Waals surface area contributed by atoms with Crippen LogP contribution in [0.15, 0.2) is 47.3 Å². The van der Waals surface area contributed by atoms with Crippen LogP contribution < -0.4 is 10.9 Å². The molecule has 1 saturated carbocycles. The highest BCUT2D eigenvalue weighted by molar-refractivity contribution is 5.80. The summed E-state index contributed by atoms with van der Waals surface area (Å²) >= 11 is 0. The first-order valence-electron chi connectivity index (χ1n) is 11.8. The SMILES string of the molecule is C/C=C\c1ccc2n(c1=O)C[C@@H]1[C@@H](CO)[C@H](C(=O)NCC3CC3)[C@H]2N1Cc1ccccc1F. The topological polar surface area (TPSA) is 74.6 Å². The molecule has 0 unspecified atom stereocenters. The number of hydrogen-bond acceptors (Lipinski definition) is 4. The Morgan fingerprint density at radius 2 is 2.03 bits per heavy atom. The summed E-state index contributed by atoms with van der Waals surface area (Å²) in [5.41, 5.74) is 1.80. The summed E-state index contributed by atoms with van der Waals surface area (Å²) in [6, 6.07) is 9.69. The highest BCUT2D eigenvalue weighted by Gasteiger charge is 2.55. The highest BCUT2D eigenvalue weighted by Crippen LogP contribution is 2.49. The first-order valence-corrected chi connectivity index (χ1v) is 11.8. The van der Waals surface area contributed by atoms with Gasteiger partial charge >= 0.3 is 0 Å². The Morgan fingerprint density at radius 1 is 1.24 bits per heavy atom. The molecule has 6 nitrogen and oxygen atoms in total. The molecule has 4 atom stereocenters. The minimum Gasteiger partial charge on any atom is -0.396 e. The standard InChI is InChI=1S/C26H30FN3O3/c1-2-5-17-10-11-21-24-23(25(32)28-12-16-8-9-16)19(15-31)22(14-30(21)26(17)33)29(24)13-18-6-3-4-7-20(18)27/h2-7,10-11,16,19,22-24,31H,8-9,12-15H2,1H3,(H,28,32)/b5-2-/t19-,22-,23+,24+/m1/s1. The van der Waals surface area contributed by atoms with E-state index >= 15 is 0 Å². The predicted molar refractivity (Wildman–Crippen MR) is 124 cm³/mol. The second-order valence-electron chi connectivity index (χ2n) is 9.47. The number of benzene rings is 1. The van der Waals surface area contributed by atoms with Gasteiger partial charge in [0.15, 0.2) is 0 Å². The van der Waals surface area contributed by atoms with Gasteiger partial charge in [0, 0.05) is 55.0 Å². The number of pyridine rings is 1. The zero-order chi connectivity index (χ0) is 23.1. The Kier molecular flexibility index (Phi) is 5.93. The maximum atomic E-state index is 14.6. The molecule has 174 valence electrons. The fourth-order valence-corrected chi connectivity index (χ4v) is 5.57. The first kappa shape index (κ1) is 22.0. The van der Waals surface area contributed by atoms with Crippen LogP contribution in [0.25, 0.3) is 6.08 Å². The zero-order valence-corrected chi connectivity index (χ0v) is 18.8. The molecule has 3 heterocycles. The molecule has 2 N–H and O–H groups in total. The normalized spacial score (nSPS) is 26.5. The number of nitrogens with zero attached hydrogens (tertiary/aromatic N) is 2. The third-order valence-electron chi connectivity index (χ3n) is 7.42. The molecule has 7 heteroatoms. The minimum absolute atomic E-state index is 0.0922. The number of fused-ring (bicyclic) bond motifs is 4. The molecular weight excluding hydrogens is 421 g/mol. The fraction of sp³-hybridized carbons (Fsp3) is 0.462. The number of carbonyl (C=O) groups excluding carboxylic acids is 1. The third-order valence-corrected chi connectivity index (χ3v) is 7.42. The Hall–Kier alpha value is -2.77. The van der Waals surface area contributed by atoms with Gasteiger partial charge in [-0.05, 0) is 43.9 Å². The number of aliphatic hydroxyl groups excluding tert-OH is 1. The van der Waals surface area contributed by atoms with Crippen LogP contribution in [0, 0.1) is 23.6 Å². The Morgan fingerprint density at radius 3 is 2.73 bits per heavy atom. The van der Waals surface area contributed by atoms with Gasteiger partial charge in [0.05, 0.1) is 12.0 Å². The second-order valence-corrected chi connectivity index (χ2v) is 9.47. The van der Waals surface area contributed by atoms with Gasteiger partial charge in [-0.1, -0.05) is 30.4 Å². The van der Waals surface area contributed by atoms with E-state index in [4.69, 9.17) is 0 Å². The van der Waals surface area contributed by atoms with Crippen molar-refractivity contribution in [3.05, 3.63) is 75.5 Å². The van der Waals surface area contributed by atoms with Crippen LogP contribution >= 0.6 is 0 Å². The van der Waals surface area contributed by atoms with Crippen LogP contribution in [0.3, 0.4) is 0 Å². The number of aromatic nitrogens is 1. The van der Waals surface area contributed by atoms with E-state index in [0.717, 1.165) is 18.5 Å². The van der Waals surface area contributed by atoms with Crippen LogP contribution in [-0.2, 0) is 17.9 Å². The summed E-state index contributed by atoms with van der Waals surface area (Å²) in [5.74, 6) is -0.698. The number of carbonyl (C=O) groups is 1. The molecule has 33 heavy (non-hydrogen) atoms. The van der Waals surface area contributed by atoms with Crippen LogP contribution in [0.1, 0.15) is 42.6 Å². The summed E-state index contributed by atoms with van der Waals surface area (Å²) in [5, 5.41) is 13.5. The van der Waals surface area contributed by atoms with Crippen LogP contribution in [0.5, 0.6) is 0 Å². The monoisotopic (exact) mass is 451 g/mol. The van der Waals surface area contributed by atoms with Gasteiger partial charge in [0.1, 0.15) is 5.82 Å². The molecule has 2 aromatic rings. The van der Waals surface area contributed by atoms with Crippen molar-refractivity contribution >= 4 is 12.0 Å². The molecule has 2 bridgehead atoms. The maximum Gasteiger partial charge on any atom is 0.258 e. The summed E-state index contributed by atoms with van der Waals surface area (Å²) < 4.78 is 16.3. The summed E-state index contributed by atoms with van der Waals surface area (Å²) in [7, 11) is 0.